The number of nitrogens with zero attached hydrogens (tertiary/aromatic N) is 1. The Bertz CT molecular complexity index is 419. The van der Waals surface area contributed by atoms with Crippen LogP contribution in [0, 0.1) is 5.82 Å². The van der Waals surface area contributed by atoms with Crippen LogP contribution in [-0.4, -0.2) is 17.1 Å². The van der Waals surface area contributed by atoms with Crippen molar-refractivity contribution in [2.45, 2.75) is 0 Å². The molecular weight excluding hydrogens is 203 g/mol. The van der Waals surface area contributed by atoms with Gasteiger partial charge in [-0.25, -0.2) is 9.18 Å². The topological polar surface area (TPSA) is 114 Å². The van der Waals surface area contributed by atoms with Crippen LogP contribution in [0.2, 0.25) is 0 Å². The number of oxime groups is 1. The minimum atomic E-state index is -0.825. The van der Waals surface area contributed by atoms with Crippen molar-refractivity contribution in [2.75, 3.05) is 5.32 Å². The van der Waals surface area contributed by atoms with Crippen molar-refractivity contribution in [1.82, 2.24) is 0 Å². The van der Waals surface area contributed by atoms with E-state index in [4.69, 9.17) is 16.7 Å². The lowest BCUT2D eigenvalue weighted by Gasteiger charge is -2.07. The first kappa shape index (κ1) is 10.8. The second-order valence-corrected chi connectivity index (χ2v) is 2.66. The Kier molecular flexibility index (Phi) is 3.06. The van der Waals surface area contributed by atoms with E-state index in [1.807, 2.05) is 0 Å². The molecule has 0 atom stereocenters. The van der Waals surface area contributed by atoms with Gasteiger partial charge in [-0.2, -0.15) is 0 Å². The molecule has 1 aromatic rings. The lowest BCUT2D eigenvalue weighted by molar-refractivity contribution is 0.259. The van der Waals surface area contributed by atoms with E-state index in [-0.39, 0.29) is 17.1 Å². The van der Waals surface area contributed by atoms with Crippen molar-refractivity contribution in [1.29, 1.82) is 0 Å². The van der Waals surface area contributed by atoms with E-state index in [1.54, 1.807) is 0 Å². The number of benzene rings is 1. The molecule has 6 nitrogen and oxygen atoms in total. The normalized spacial score (nSPS) is 11.1. The quantitative estimate of drug-likeness (QED) is 0.246. The number of nitrogens with two attached hydrogens (primary N) is 2. The molecule has 1 aromatic carbocycles. The summed E-state index contributed by atoms with van der Waals surface area (Å²) in [6.45, 7) is 0. The van der Waals surface area contributed by atoms with Crippen molar-refractivity contribution in [3.8, 4) is 0 Å². The molecule has 2 amide bonds. The molecule has 0 aliphatic carbocycles. The number of rotatable bonds is 2. The molecule has 0 aliphatic rings. The second kappa shape index (κ2) is 4.27. The third kappa shape index (κ3) is 2.56. The van der Waals surface area contributed by atoms with Gasteiger partial charge in [0, 0.05) is 5.56 Å². The summed E-state index contributed by atoms with van der Waals surface area (Å²) in [4.78, 5) is 10.6. The lowest BCUT2D eigenvalue weighted by Crippen LogP contribution is -2.23. The van der Waals surface area contributed by atoms with Gasteiger partial charge in [-0.05, 0) is 18.2 Å². The summed E-state index contributed by atoms with van der Waals surface area (Å²) in [6.07, 6.45) is 0. The van der Waals surface area contributed by atoms with Crippen molar-refractivity contribution in [3.05, 3.63) is 29.6 Å². The number of nitrogens with one attached hydrogen (secondary N) is 1. The van der Waals surface area contributed by atoms with E-state index in [0.29, 0.717) is 0 Å². The van der Waals surface area contributed by atoms with E-state index in [1.165, 1.54) is 6.07 Å². The fourth-order valence-corrected chi connectivity index (χ4v) is 1.02. The standard InChI is InChI=1S/C8H9FN4O2/c9-4-1-2-6(12-8(11)14)5(3-4)7(10)13-15/h1-3,15H,(H2,10,13)(H3,11,12,14). The highest BCUT2D eigenvalue weighted by Crippen LogP contribution is 2.16. The number of primary amides is 1. The summed E-state index contributed by atoms with van der Waals surface area (Å²) in [6, 6.07) is 2.56. The Morgan fingerprint density at radius 3 is 2.67 bits per heavy atom. The number of hydrogen-bond donors (Lipinski definition) is 4. The summed E-state index contributed by atoms with van der Waals surface area (Å²) < 4.78 is 12.8. The molecule has 0 unspecified atom stereocenters. The van der Waals surface area contributed by atoms with Gasteiger partial charge in [0.15, 0.2) is 5.84 Å². The van der Waals surface area contributed by atoms with Crippen LogP contribution in [0.25, 0.3) is 0 Å². The first-order valence-electron chi connectivity index (χ1n) is 3.88. The summed E-state index contributed by atoms with van der Waals surface area (Å²) >= 11 is 0. The molecule has 0 heterocycles. The van der Waals surface area contributed by atoms with Gasteiger partial charge in [-0.3, -0.25) is 0 Å². The van der Waals surface area contributed by atoms with Crippen LogP contribution >= 0.6 is 0 Å². The van der Waals surface area contributed by atoms with Gasteiger partial charge in [0.25, 0.3) is 0 Å². The van der Waals surface area contributed by atoms with Gasteiger partial charge >= 0.3 is 6.03 Å². The highest BCUT2D eigenvalue weighted by molar-refractivity contribution is 6.04. The molecule has 0 aromatic heterocycles. The van der Waals surface area contributed by atoms with E-state index in [0.717, 1.165) is 12.1 Å². The third-order valence-corrected chi connectivity index (χ3v) is 1.62. The Morgan fingerprint density at radius 1 is 1.47 bits per heavy atom. The Hall–Kier alpha value is -2.31. The lowest BCUT2D eigenvalue weighted by atomic mass is 10.1. The van der Waals surface area contributed by atoms with Crippen molar-refractivity contribution in [2.24, 2.45) is 16.6 Å². The van der Waals surface area contributed by atoms with Gasteiger partial charge in [0.05, 0.1) is 5.69 Å². The first-order valence-corrected chi connectivity index (χ1v) is 3.88. The van der Waals surface area contributed by atoms with Crippen molar-refractivity contribution < 1.29 is 14.4 Å². The average molecular weight is 212 g/mol. The number of amides is 2. The molecule has 7 heteroatoms. The Labute approximate surface area is 84.4 Å². The monoisotopic (exact) mass is 212 g/mol. The van der Waals surface area contributed by atoms with Crippen molar-refractivity contribution >= 4 is 17.6 Å². The highest BCUT2D eigenvalue weighted by Gasteiger charge is 2.09. The number of hydrogen-bond acceptors (Lipinski definition) is 3. The number of amidine groups is 1. The van der Waals surface area contributed by atoms with Gasteiger partial charge in [-0.15, -0.1) is 0 Å². The van der Waals surface area contributed by atoms with E-state index < -0.39 is 11.8 Å². The van der Waals surface area contributed by atoms with Gasteiger partial charge in [0.1, 0.15) is 5.82 Å². The third-order valence-electron chi connectivity index (χ3n) is 1.62. The maximum atomic E-state index is 12.8. The van der Waals surface area contributed by atoms with Crippen LogP contribution in [0.15, 0.2) is 23.4 Å². The molecule has 0 fully saturated rings. The first-order chi connectivity index (χ1) is 7.04. The molecule has 0 saturated heterocycles. The fourth-order valence-electron chi connectivity index (χ4n) is 1.02. The average Bonchev–Trinajstić information content (AvgIpc) is 2.19. The summed E-state index contributed by atoms with van der Waals surface area (Å²) in [5.41, 5.74) is 10.4. The number of carbonyl (C=O) groups excluding carboxylic acids is 1. The number of anilines is 1. The molecule has 0 saturated carbocycles. The number of urea groups is 1. The smallest absolute Gasteiger partial charge is 0.316 e. The van der Waals surface area contributed by atoms with Gasteiger partial charge in [-0.1, -0.05) is 5.16 Å². The summed E-state index contributed by atoms with van der Waals surface area (Å²) in [5.74, 6) is -0.898. The summed E-state index contributed by atoms with van der Waals surface area (Å²) in [7, 11) is 0. The predicted molar refractivity (Wildman–Crippen MR) is 52.1 cm³/mol. The maximum Gasteiger partial charge on any atom is 0.316 e. The molecular formula is C8H9FN4O2. The molecule has 0 spiro atoms. The molecule has 6 N–H and O–H groups in total. The molecule has 0 radical (unpaired) electrons. The Morgan fingerprint density at radius 2 is 2.13 bits per heavy atom. The highest BCUT2D eigenvalue weighted by atomic mass is 19.1. The zero-order valence-electron chi connectivity index (χ0n) is 7.57. The maximum absolute atomic E-state index is 12.8. The van der Waals surface area contributed by atoms with Crippen LogP contribution in [0.4, 0.5) is 14.9 Å². The Balaban J connectivity index is 3.20. The molecule has 0 bridgehead atoms. The largest absolute Gasteiger partial charge is 0.409 e. The predicted octanol–water partition coefficient (Wildman–Crippen LogP) is 0.411. The molecule has 15 heavy (non-hydrogen) atoms. The van der Waals surface area contributed by atoms with Crippen LogP contribution in [0.5, 0.6) is 0 Å². The zero-order valence-corrected chi connectivity index (χ0v) is 7.57. The minimum Gasteiger partial charge on any atom is -0.409 e. The van der Waals surface area contributed by atoms with Crippen LogP contribution in [0.1, 0.15) is 5.56 Å². The van der Waals surface area contributed by atoms with E-state index in [9.17, 15) is 9.18 Å². The zero-order chi connectivity index (χ0) is 11.4. The molecule has 0 aliphatic heterocycles. The molecule has 80 valence electrons. The van der Waals surface area contributed by atoms with Gasteiger partial charge in [0.2, 0.25) is 0 Å². The van der Waals surface area contributed by atoms with Crippen molar-refractivity contribution in [3.63, 3.8) is 0 Å². The van der Waals surface area contributed by atoms with Crippen LogP contribution in [-0.2, 0) is 0 Å². The fraction of sp³-hybridized carbons (Fsp3) is 0. The summed E-state index contributed by atoms with van der Waals surface area (Å²) in [5, 5.41) is 13.4. The SMILES string of the molecule is NC(=O)Nc1ccc(F)cc1/C(N)=N/O. The second-order valence-electron chi connectivity index (χ2n) is 2.66. The molecule has 1 rings (SSSR count). The van der Waals surface area contributed by atoms with E-state index >= 15 is 0 Å². The van der Waals surface area contributed by atoms with Crippen LogP contribution < -0.4 is 16.8 Å². The van der Waals surface area contributed by atoms with Crippen LogP contribution in [0.3, 0.4) is 0 Å². The number of carbonyl (C=O) groups is 1. The van der Waals surface area contributed by atoms with Gasteiger partial charge < -0.3 is 22.0 Å². The number of halogens is 1. The minimum absolute atomic E-state index is 0.0521. The van der Waals surface area contributed by atoms with E-state index in [2.05, 4.69) is 10.5 Å².